The molecule has 0 aliphatic heterocycles. The minimum atomic E-state index is -0.736. The van der Waals surface area contributed by atoms with Crippen LogP contribution in [0.3, 0.4) is 0 Å². The molecular weight excluding hydrogens is 254 g/mol. The minimum absolute atomic E-state index is 0.246. The Balaban J connectivity index is 2.11. The Labute approximate surface area is 119 Å². The lowest BCUT2D eigenvalue weighted by Crippen LogP contribution is -2.33. The lowest BCUT2D eigenvalue weighted by atomic mass is 10.1. The monoisotopic (exact) mass is 279 g/mol. The van der Waals surface area contributed by atoms with Crippen LogP contribution in [0.25, 0.3) is 0 Å². The Kier molecular flexibility index (Phi) is 5.17. The van der Waals surface area contributed by atoms with Crippen molar-refractivity contribution in [3.63, 3.8) is 0 Å². The van der Waals surface area contributed by atoms with Crippen LogP contribution >= 0.6 is 0 Å². The van der Waals surface area contributed by atoms with E-state index in [1.807, 2.05) is 0 Å². The average Bonchev–Trinajstić information content (AvgIpc) is 2.76. The highest BCUT2D eigenvalue weighted by atomic mass is 32.2. The molecule has 0 radical (unpaired) electrons. The predicted octanol–water partition coefficient (Wildman–Crippen LogP) is 3.06. The van der Waals surface area contributed by atoms with Gasteiger partial charge in [0.15, 0.2) is 0 Å². The molecule has 1 N–H and O–H groups in total. The SMILES string of the molecule is CCNC1c2ccccc2CC1S(=O)CCC(C)C. The summed E-state index contributed by atoms with van der Waals surface area (Å²) in [5.74, 6) is 1.46. The number of hydrogen-bond donors (Lipinski definition) is 1. The summed E-state index contributed by atoms with van der Waals surface area (Å²) in [4.78, 5) is 0. The van der Waals surface area contributed by atoms with Crippen molar-refractivity contribution in [3.8, 4) is 0 Å². The van der Waals surface area contributed by atoms with Crippen molar-refractivity contribution >= 4 is 10.8 Å². The van der Waals surface area contributed by atoms with E-state index in [9.17, 15) is 4.21 Å². The first-order chi connectivity index (χ1) is 9.13. The zero-order valence-electron chi connectivity index (χ0n) is 12.2. The van der Waals surface area contributed by atoms with Gasteiger partial charge in [-0.15, -0.1) is 0 Å². The third-order valence-electron chi connectivity index (χ3n) is 3.84. The molecule has 1 aliphatic carbocycles. The highest BCUT2D eigenvalue weighted by Crippen LogP contribution is 2.34. The number of fused-ring (bicyclic) bond motifs is 1. The van der Waals surface area contributed by atoms with E-state index < -0.39 is 10.8 Å². The third-order valence-corrected chi connectivity index (χ3v) is 5.59. The Bertz CT molecular complexity index is 444. The maximum atomic E-state index is 12.6. The van der Waals surface area contributed by atoms with E-state index >= 15 is 0 Å². The van der Waals surface area contributed by atoms with Gasteiger partial charge < -0.3 is 5.32 Å². The van der Waals surface area contributed by atoms with Crippen LogP contribution in [-0.4, -0.2) is 21.8 Å². The van der Waals surface area contributed by atoms with Crippen molar-refractivity contribution in [3.05, 3.63) is 35.4 Å². The van der Waals surface area contributed by atoms with Crippen LogP contribution in [0.2, 0.25) is 0 Å². The predicted molar refractivity (Wildman–Crippen MR) is 82.8 cm³/mol. The van der Waals surface area contributed by atoms with Crippen LogP contribution in [-0.2, 0) is 17.2 Å². The van der Waals surface area contributed by atoms with Crippen LogP contribution in [0.4, 0.5) is 0 Å². The fourth-order valence-electron chi connectivity index (χ4n) is 2.77. The number of hydrogen-bond acceptors (Lipinski definition) is 2. The molecule has 3 atom stereocenters. The highest BCUT2D eigenvalue weighted by molar-refractivity contribution is 7.85. The molecule has 0 heterocycles. The van der Waals surface area contributed by atoms with Gasteiger partial charge in [-0.25, -0.2) is 0 Å². The van der Waals surface area contributed by atoms with Gasteiger partial charge in [0.25, 0.3) is 0 Å². The van der Waals surface area contributed by atoms with Crippen LogP contribution < -0.4 is 5.32 Å². The summed E-state index contributed by atoms with van der Waals surface area (Å²) in [5, 5.41) is 3.77. The number of nitrogens with one attached hydrogen (secondary N) is 1. The molecular formula is C16H25NOS. The largest absolute Gasteiger partial charge is 0.309 e. The summed E-state index contributed by atoms with van der Waals surface area (Å²) in [6.07, 6.45) is 2.01. The summed E-state index contributed by atoms with van der Waals surface area (Å²) in [6, 6.07) is 8.81. The van der Waals surface area contributed by atoms with E-state index in [0.29, 0.717) is 5.92 Å². The van der Waals surface area contributed by atoms with Gasteiger partial charge >= 0.3 is 0 Å². The van der Waals surface area contributed by atoms with Crippen LogP contribution in [0, 0.1) is 5.92 Å². The molecule has 0 saturated carbocycles. The second kappa shape index (κ2) is 6.67. The molecule has 106 valence electrons. The molecule has 2 nitrogen and oxygen atoms in total. The minimum Gasteiger partial charge on any atom is -0.309 e. The topological polar surface area (TPSA) is 29.1 Å². The maximum absolute atomic E-state index is 12.6. The van der Waals surface area contributed by atoms with Crippen molar-refractivity contribution in [2.75, 3.05) is 12.3 Å². The normalized spacial score (nSPS) is 23.6. The molecule has 3 unspecified atom stereocenters. The first kappa shape index (κ1) is 14.7. The van der Waals surface area contributed by atoms with Crippen LogP contribution in [0.15, 0.2) is 24.3 Å². The smallest absolute Gasteiger partial charge is 0.0583 e. The van der Waals surface area contributed by atoms with Gasteiger partial charge in [-0.2, -0.15) is 0 Å². The van der Waals surface area contributed by atoms with Gasteiger partial charge in [-0.1, -0.05) is 45.0 Å². The first-order valence-corrected chi connectivity index (χ1v) is 8.70. The van der Waals surface area contributed by atoms with Crippen LogP contribution in [0.1, 0.15) is 44.4 Å². The molecule has 1 aromatic carbocycles. The van der Waals surface area contributed by atoms with Crippen molar-refractivity contribution in [1.82, 2.24) is 5.32 Å². The quantitative estimate of drug-likeness (QED) is 0.867. The van der Waals surface area contributed by atoms with E-state index in [4.69, 9.17) is 0 Å². The molecule has 3 heteroatoms. The molecule has 0 fully saturated rings. The molecule has 1 aromatic rings. The molecule has 1 aliphatic rings. The van der Waals surface area contributed by atoms with Gasteiger partial charge in [-0.05, 0) is 36.4 Å². The molecule has 0 aromatic heterocycles. The lowest BCUT2D eigenvalue weighted by molar-refractivity contribution is 0.542. The van der Waals surface area contributed by atoms with Crippen molar-refractivity contribution in [2.45, 2.75) is 44.9 Å². The third kappa shape index (κ3) is 3.46. The fraction of sp³-hybridized carbons (Fsp3) is 0.625. The van der Waals surface area contributed by atoms with Crippen molar-refractivity contribution in [2.24, 2.45) is 5.92 Å². The molecule has 0 spiro atoms. The van der Waals surface area contributed by atoms with E-state index in [2.05, 4.69) is 50.4 Å². The van der Waals surface area contributed by atoms with Gasteiger partial charge in [0.1, 0.15) is 0 Å². The van der Waals surface area contributed by atoms with E-state index in [0.717, 1.165) is 25.1 Å². The molecule has 0 amide bonds. The van der Waals surface area contributed by atoms with Gasteiger partial charge in [0.05, 0.1) is 5.25 Å². The summed E-state index contributed by atoms with van der Waals surface area (Å²) in [6.45, 7) is 7.44. The van der Waals surface area contributed by atoms with Crippen molar-refractivity contribution in [1.29, 1.82) is 0 Å². The summed E-state index contributed by atoms with van der Waals surface area (Å²) in [7, 11) is -0.736. The maximum Gasteiger partial charge on any atom is 0.0583 e. The Morgan fingerprint density at radius 3 is 2.79 bits per heavy atom. The summed E-state index contributed by atoms with van der Waals surface area (Å²) in [5.41, 5.74) is 2.73. The van der Waals surface area contributed by atoms with Gasteiger partial charge in [-0.3, -0.25) is 4.21 Å². The first-order valence-electron chi connectivity index (χ1n) is 7.31. The average molecular weight is 279 g/mol. The Morgan fingerprint density at radius 1 is 1.37 bits per heavy atom. The van der Waals surface area contributed by atoms with E-state index in [1.54, 1.807) is 0 Å². The summed E-state index contributed by atoms with van der Waals surface area (Å²) < 4.78 is 12.6. The molecule has 2 rings (SSSR count). The van der Waals surface area contributed by atoms with Gasteiger partial charge in [0.2, 0.25) is 0 Å². The molecule has 19 heavy (non-hydrogen) atoms. The number of benzene rings is 1. The van der Waals surface area contributed by atoms with E-state index in [1.165, 1.54) is 11.1 Å². The zero-order chi connectivity index (χ0) is 13.8. The fourth-order valence-corrected chi connectivity index (χ4v) is 4.69. The van der Waals surface area contributed by atoms with Gasteiger partial charge in [0, 0.05) is 22.6 Å². The van der Waals surface area contributed by atoms with E-state index in [-0.39, 0.29) is 11.3 Å². The van der Waals surface area contributed by atoms with Crippen LogP contribution in [0.5, 0.6) is 0 Å². The standard InChI is InChI=1S/C16H25NOS/c1-4-17-16-14-8-6-5-7-13(14)11-15(16)19(18)10-9-12(2)3/h5-8,12,15-17H,4,9-11H2,1-3H3. The second-order valence-corrected chi connectivity index (χ2v) is 7.52. The summed E-state index contributed by atoms with van der Waals surface area (Å²) >= 11 is 0. The Hall–Kier alpha value is -0.670. The highest BCUT2D eigenvalue weighted by Gasteiger charge is 2.35. The number of rotatable bonds is 6. The van der Waals surface area contributed by atoms with Crippen molar-refractivity contribution < 1.29 is 4.21 Å². The second-order valence-electron chi connectivity index (χ2n) is 5.74. The molecule has 0 saturated heterocycles. The zero-order valence-corrected chi connectivity index (χ0v) is 13.0. The lowest BCUT2D eigenvalue weighted by Gasteiger charge is -2.21. The Morgan fingerprint density at radius 2 is 2.11 bits per heavy atom. The molecule has 0 bridgehead atoms.